The highest BCUT2D eigenvalue weighted by Gasteiger charge is 2.22. The third-order valence-corrected chi connectivity index (χ3v) is 4.88. The number of hydrogen-bond donors (Lipinski definition) is 2. The van der Waals surface area contributed by atoms with Gasteiger partial charge in [-0.05, 0) is 24.0 Å². The molecule has 1 heterocycles. The summed E-state index contributed by atoms with van der Waals surface area (Å²) in [5.74, 6) is -0.480. The monoisotopic (exact) mass is 351 g/mol. The molecule has 6 nitrogen and oxygen atoms in total. The summed E-state index contributed by atoms with van der Waals surface area (Å²) in [5, 5.41) is 12.7. The van der Waals surface area contributed by atoms with Crippen LogP contribution in [0.4, 0.5) is 9.80 Å². The summed E-state index contributed by atoms with van der Waals surface area (Å²) in [6, 6.07) is 7.63. The van der Waals surface area contributed by atoms with Crippen LogP contribution in [0.15, 0.2) is 29.3 Å². The second-order valence-corrected chi connectivity index (χ2v) is 6.84. The number of rotatable bonds is 5. The molecule has 0 aliphatic rings. The van der Waals surface area contributed by atoms with Gasteiger partial charge in [-0.3, -0.25) is 5.32 Å². The normalized spacial score (nSPS) is 10.4. The molecule has 1 aromatic carbocycles. The fourth-order valence-electron chi connectivity index (χ4n) is 1.81. The van der Waals surface area contributed by atoms with Crippen LogP contribution in [0, 0.1) is 6.92 Å². The Morgan fingerprint density at radius 3 is 2.74 bits per heavy atom. The van der Waals surface area contributed by atoms with E-state index >= 15 is 0 Å². The lowest BCUT2D eigenvalue weighted by atomic mass is 10.2. The minimum atomic E-state index is -1.10. The number of hydrogen-bond acceptors (Lipinski definition) is 5. The standard InChI is InChI=1S/C15H17N3O3S2/c1-9-5-4-6-10(7-9)8-22-13-11(14(19)20)12(23-17-13)16-15(21)18(2)3/h4-7H,8H2,1-3H3,(H,16,21)(H,19,20). The first-order valence-corrected chi connectivity index (χ1v) is 8.54. The van der Waals surface area contributed by atoms with Gasteiger partial charge in [0.15, 0.2) is 0 Å². The first-order valence-electron chi connectivity index (χ1n) is 6.78. The number of carbonyl (C=O) groups is 2. The van der Waals surface area contributed by atoms with Gasteiger partial charge in [0, 0.05) is 19.8 Å². The Morgan fingerprint density at radius 2 is 2.13 bits per heavy atom. The highest BCUT2D eigenvalue weighted by molar-refractivity contribution is 7.98. The molecule has 1 aromatic heterocycles. The lowest BCUT2D eigenvalue weighted by Gasteiger charge is -2.10. The molecule has 2 N–H and O–H groups in total. The second-order valence-electron chi connectivity index (χ2n) is 5.10. The minimum absolute atomic E-state index is 0.0443. The molecule has 0 fully saturated rings. The molecule has 0 aliphatic heterocycles. The Bertz CT molecular complexity index is 729. The van der Waals surface area contributed by atoms with Crippen molar-refractivity contribution in [3.63, 3.8) is 0 Å². The highest BCUT2D eigenvalue weighted by Crippen LogP contribution is 2.33. The summed E-state index contributed by atoms with van der Waals surface area (Å²) in [6.45, 7) is 2.01. The maximum atomic E-state index is 11.7. The van der Waals surface area contributed by atoms with Gasteiger partial charge in [0.05, 0.1) is 0 Å². The van der Waals surface area contributed by atoms with E-state index in [0.717, 1.165) is 22.7 Å². The van der Waals surface area contributed by atoms with Crippen molar-refractivity contribution in [3.8, 4) is 0 Å². The molecular formula is C15H17N3O3S2. The number of carbonyl (C=O) groups excluding carboxylic acids is 1. The summed E-state index contributed by atoms with van der Waals surface area (Å²) in [5.41, 5.74) is 2.29. The van der Waals surface area contributed by atoms with Gasteiger partial charge in [-0.15, -0.1) is 0 Å². The van der Waals surface area contributed by atoms with Gasteiger partial charge in [-0.25, -0.2) is 9.59 Å². The third-order valence-electron chi connectivity index (χ3n) is 2.96. The first-order chi connectivity index (χ1) is 10.9. The number of anilines is 1. The van der Waals surface area contributed by atoms with E-state index in [1.165, 1.54) is 16.7 Å². The lowest BCUT2D eigenvalue weighted by molar-refractivity contribution is 0.0694. The Morgan fingerprint density at radius 1 is 1.39 bits per heavy atom. The number of amides is 2. The molecular weight excluding hydrogens is 334 g/mol. The SMILES string of the molecule is Cc1cccc(CSc2nsc(NC(=O)N(C)C)c2C(=O)O)c1. The van der Waals surface area contributed by atoms with Crippen LogP contribution in [-0.4, -0.2) is 40.5 Å². The van der Waals surface area contributed by atoms with Crippen molar-refractivity contribution >= 4 is 40.3 Å². The van der Waals surface area contributed by atoms with Crippen LogP contribution in [-0.2, 0) is 5.75 Å². The molecule has 0 spiro atoms. The van der Waals surface area contributed by atoms with Gasteiger partial charge in [0.25, 0.3) is 0 Å². The average molecular weight is 351 g/mol. The van der Waals surface area contributed by atoms with Gasteiger partial charge in [0.2, 0.25) is 0 Å². The number of aromatic nitrogens is 1. The number of aromatic carboxylic acids is 1. The van der Waals surface area contributed by atoms with Gasteiger partial charge < -0.3 is 10.0 Å². The molecule has 2 rings (SSSR count). The maximum Gasteiger partial charge on any atom is 0.341 e. The number of nitrogens with zero attached hydrogens (tertiary/aromatic N) is 2. The molecule has 0 bridgehead atoms. The molecule has 8 heteroatoms. The Kier molecular flexibility index (Phi) is 5.62. The van der Waals surface area contributed by atoms with Gasteiger partial charge >= 0.3 is 12.0 Å². The van der Waals surface area contributed by atoms with Crippen molar-refractivity contribution in [1.82, 2.24) is 9.27 Å². The molecule has 2 amide bonds. The molecule has 122 valence electrons. The van der Waals surface area contributed by atoms with E-state index in [-0.39, 0.29) is 16.6 Å². The van der Waals surface area contributed by atoms with E-state index in [1.54, 1.807) is 14.1 Å². The van der Waals surface area contributed by atoms with E-state index in [0.29, 0.717) is 10.8 Å². The molecule has 0 atom stereocenters. The number of aryl methyl sites for hydroxylation is 1. The van der Waals surface area contributed by atoms with Crippen LogP contribution < -0.4 is 5.32 Å². The molecule has 2 aromatic rings. The van der Waals surface area contributed by atoms with Gasteiger partial charge in [-0.2, -0.15) is 4.37 Å². The Hall–Kier alpha value is -2.06. The van der Waals surface area contributed by atoms with Crippen LogP contribution >= 0.6 is 23.3 Å². The van der Waals surface area contributed by atoms with Crippen LogP contribution in [0.5, 0.6) is 0 Å². The summed E-state index contributed by atoms with van der Waals surface area (Å²) in [6.07, 6.45) is 0. The number of benzene rings is 1. The Balaban J connectivity index is 2.17. The topological polar surface area (TPSA) is 82.5 Å². The zero-order valence-electron chi connectivity index (χ0n) is 13.0. The minimum Gasteiger partial charge on any atom is -0.477 e. The van der Waals surface area contributed by atoms with Crippen LogP contribution in [0.2, 0.25) is 0 Å². The van der Waals surface area contributed by atoms with E-state index in [1.807, 2.05) is 25.1 Å². The van der Waals surface area contributed by atoms with Crippen LogP contribution in [0.25, 0.3) is 0 Å². The first kappa shape index (κ1) is 17.3. The molecule has 23 heavy (non-hydrogen) atoms. The van der Waals surface area contributed by atoms with E-state index in [9.17, 15) is 14.7 Å². The largest absolute Gasteiger partial charge is 0.477 e. The van der Waals surface area contributed by atoms with Gasteiger partial charge in [0.1, 0.15) is 15.6 Å². The maximum absolute atomic E-state index is 11.7. The third kappa shape index (κ3) is 4.46. The molecule has 0 unspecified atom stereocenters. The fraction of sp³-hybridized carbons (Fsp3) is 0.267. The predicted octanol–water partition coefficient (Wildman–Crippen LogP) is 3.54. The summed E-state index contributed by atoms with van der Waals surface area (Å²) < 4.78 is 4.18. The number of urea groups is 1. The average Bonchev–Trinajstić information content (AvgIpc) is 2.88. The smallest absolute Gasteiger partial charge is 0.341 e. The molecule has 0 saturated heterocycles. The second kappa shape index (κ2) is 7.47. The van der Waals surface area contributed by atoms with E-state index in [4.69, 9.17) is 0 Å². The van der Waals surface area contributed by atoms with Crippen LogP contribution in [0.1, 0.15) is 21.5 Å². The van der Waals surface area contributed by atoms with Crippen molar-refractivity contribution in [2.45, 2.75) is 17.7 Å². The number of nitrogens with one attached hydrogen (secondary N) is 1. The number of carboxylic acids is 1. The van der Waals surface area contributed by atoms with Crippen molar-refractivity contribution in [3.05, 3.63) is 41.0 Å². The fourth-order valence-corrected chi connectivity index (χ4v) is 3.69. The van der Waals surface area contributed by atoms with Crippen molar-refractivity contribution in [2.24, 2.45) is 0 Å². The Labute approximate surface area is 142 Å². The van der Waals surface area contributed by atoms with Crippen molar-refractivity contribution in [1.29, 1.82) is 0 Å². The van der Waals surface area contributed by atoms with E-state index in [2.05, 4.69) is 15.8 Å². The van der Waals surface area contributed by atoms with E-state index < -0.39 is 5.97 Å². The molecule has 0 radical (unpaired) electrons. The van der Waals surface area contributed by atoms with Gasteiger partial charge in [-0.1, -0.05) is 41.6 Å². The lowest BCUT2D eigenvalue weighted by Crippen LogP contribution is -2.27. The van der Waals surface area contributed by atoms with Crippen molar-refractivity contribution < 1.29 is 14.7 Å². The summed E-state index contributed by atoms with van der Waals surface area (Å²) >= 11 is 2.33. The van der Waals surface area contributed by atoms with Crippen LogP contribution in [0.3, 0.4) is 0 Å². The summed E-state index contributed by atoms with van der Waals surface area (Å²) in [7, 11) is 3.18. The zero-order chi connectivity index (χ0) is 17.0. The number of carboxylic acid groups (broad SMARTS) is 1. The predicted molar refractivity (Wildman–Crippen MR) is 92.5 cm³/mol. The molecule has 0 aliphatic carbocycles. The van der Waals surface area contributed by atoms with Crippen molar-refractivity contribution in [2.75, 3.05) is 19.4 Å². The summed E-state index contributed by atoms with van der Waals surface area (Å²) in [4.78, 5) is 24.6. The highest BCUT2D eigenvalue weighted by atomic mass is 32.2. The molecule has 0 saturated carbocycles. The quantitative estimate of drug-likeness (QED) is 0.805. The zero-order valence-corrected chi connectivity index (χ0v) is 14.6. The number of thioether (sulfide) groups is 1.